The van der Waals surface area contributed by atoms with E-state index in [0.29, 0.717) is 24.4 Å². The fourth-order valence-corrected chi connectivity index (χ4v) is 1.71. The third-order valence-corrected chi connectivity index (χ3v) is 2.73. The number of nitriles is 1. The van der Waals surface area contributed by atoms with Crippen LogP contribution >= 0.6 is 0 Å². The van der Waals surface area contributed by atoms with Gasteiger partial charge in [0.25, 0.3) is 0 Å². The monoisotopic (exact) mass is 272 g/mol. The largest absolute Gasteiger partial charge is 0.489 e. The average Bonchev–Trinajstić information content (AvgIpc) is 2.98. The molecule has 5 nitrogen and oxygen atoms in total. The van der Waals surface area contributed by atoms with Gasteiger partial charge in [0.1, 0.15) is 24.5 Å². The Kier molecular flexibility index (Phi) is 5.18. The van der Waals surface area contributed by atoms with Gasteiger partial charge in [0.15, 0.2) is 0 Å². The molecule has 0 bridgehead atoms. The maximum Gasteiger partial charge on any atom is 0.137 e. The van der Waals surface area contributed by atoms with Crippen LogP contribution in [0.25, 0.3) is 0 Å². The van der Waals surface area contributed by atoms with Gasteiger partial charge in [-0.2, -0.15) is 5.26 Å². The number of para-hydroxylation sites is 1. The molecule has 0 fully saturated rings. The maximum absolute atomic E-state index is 9.81. The van der Waals surface area contributed by atoms with Crippen molar-refractivity contribution < 1.29 is 14.3 Å². The first kappa shape index (κ1) is 14.1. The minimum atomic E-state index is -0.645. The van der Waals surface area contributed by atoms with Gasteiger partial charge in [-0.1, -0.05) is 12.1 Å². The molecule has 0 amide bonds. The van der Waals surface area contributed by atoms with E-state index in [4.69, 9.17) is 14.4 Å². The molecule has 1 atom stereocenters. The minimum Gasteiger partial charge on any atom is -0.489 e. The third kappa shape index (κ3) is 4.12. The number of furan rings is 1. The Bertz CT molecular complexity index is 561. The van der Waals surface area contributed by atoms with Crippen molar-refractivity contribution in [2.75, 3.05) is 13.2 Å². The second-order valence-corrected chi connectivity index (χ2v) is 4.34. The second kappa shape index (κ2) is 7.34. The fourth-order valence-electron chi connectivity index (χ4n) is 1.71. The summed E-state index contributed by atoms with van der Waals surface area (Å²) in [4.78, 5) is 0. The highest BCUT2D eigenvalue weighted by Gasteiger charge is 2.07. The summed E-state index contributed by atoms with van der Waals surface area (Å²) in [5, 5.41) is 21.8. The van der Waals surface area contributed by atoms with Crippen LogP contribution in [0.5, 0.6) is 5.75 Å². The van der Waals surface area contributed by atoms with E-state index in [9.17, 15) is 5.11 Å². The lowest BCUT2D eigenvalue weighted by molar-refractivity contribution is 0.106. The summed E-state index contributed by atoms with van der Waals surface area (Å²) in [6.07, 6.45) is 2.61. The molecule has 0 saturated heterocycles. The van der Waals surface area contributed by atoms with E-state index in [0.717, 1.165) is 5.56 Å². The van der Waals surface area contributed by atoms with Crippen LogP contribution in [-0.2, 0) is 6.54 Å². The molecule has 0 radical (unpaired) electrons. The van der Waals surface area contributed by atoms with Crippen LogP contribution in [0.2, 0.25) is 0 Å². The number of rotatable bonds is 7. The first-order valence-electron chi connectivity index (χ1n) is 6.31. The molecule has 2 rings (SSSR count). The number of nitrogens with one attached hydrogen (secondary N) is 1. The fraction of sp³-hybridized carbons (Fsp3) is 0.267. The summed E-state index contributed by atoms with van der Waals surface area (Å²) in [6, 6.07) is 10.9. The lowest BCUT2D eigenvalue weighted by atomic mass is 10.2. The SMILES string of the molecule is N#Cc1ccccc1OCC(O)CNCc1ccoc1. The van der Waals surface area contributed by atoms with Gasteiger partial charge in [-0.3, -0.25) is 0 Å². The third-order valence-electron chi connectivity index (χ3n) is 2.73. The van der Waals surface area contributed by atoms with Gasteiger partial charge in [-0.05, 0) is 18.2 Å². The zero-order valence-electron chi connectivity index (χ0n) is 11.0. The first-order chi connectivity index (χ1) is 9.79. The minimum absolute atomic E-state index is 0.136. The number of ether oxygens (including phenoxy) is 1. The lowest BCUT2D eigenvalue weighted by Crippen LogP contribution is -2.31. The van der Waals surface area contributed by atoms with Crippen LogP contribution in [0, 0.1) is 11.3 Å². The Morgan fingerprint density at radius 3 is 2.95 bits per heavy atom. The van der Waals surface area contributed by atoms with E-state index in [1.54, 1.807) is 36.8 Å². The van der Waals surface area contributed by atoms with Gasteiger partial charge in [0, 0.05) is 18.7 Å². The number of hydrogen-bond donors (Lipinski definition) is 2. The molecule has 0 aliphatic carbocycles. The summed E-state index contributed by atoms with van der Waals surface area (Å²) in [5.41, 5.74) is 1.49. The molecule has 1 aromatic heterocycles. The zero-order chi connectivity index (χ0) is 14.2. The molecule has 0 aliphatic rings. The molecule has 20 heavy (non-hydrogen) atoms. The summed E-state index contributed by atoms with van der Waals surface area (Å²) in [6.45, 7) is 1.17. The molecule has 0 aliphatic heterocycles. The van der Waals surface area contributed by atoms with E-state index in [-0.39, 0.29) is 6.61 Å². The van der Waals surface area contributed by atoms with E-state index in [2.05, 4.69) is 5.32 Å². The number of aliphatic hydroxyl groups excluding tert-OH is 1. The molecule has 2 aromatic rings. The highest BCUT2D eigenvalue weighted by molar-refractivity contribution is 5.42. The normalized spacial score (nSPS) is 11.8. The average molecular weight is 272 g/mol. The van der Waals surface area contributed by atoms with E-state index >= 15 is 0 Å². The van der Waals surface area contributed by atoms with Crippen molar-refractivity contribution in [2.45, 2.75) is 12.6 Å². The summed E-state index contributed by atoms with van der Waals surface area (Å²) < 4.78 is 10.4. The van der Waals surface area contributed by atoms with Gasteiger partial charge in [0.2, 0.25) is 0 Å². The Labute approximate surface area is 117 Å². The number of aliphatic hydroxyl groups is 1. The molecule has 104 valence electrons. The van der Waals surface area contributed by atoms with Crippen LogP contribution in [0.15, 0.2) is 47.3 Å². The summed E-state index contributed by atoms with van der Waals surface area (Å²) in [7, 11) is 0. The smallest absolute Gasteiger partial charge is 0.137 e. The van der Waals surface area contributed by atoms with Crippen molar-refractivity contribution in [1.82, 2.24) is 5.32 Å². The topological polar surface area (TPSA) is 78.4 Å². The quantitative estimate of drug-likeness (QED) is 0.801. The Morgan fingerprint density at radius 2 is 2.20 bits per heavy atom. The van der Waals surface area contributed by atoms with Crippen molar-refractivity contribution in [1.29, 1.82) is 5.26 Å². The molecule has 1 unspecified atom stereocenters. The zero-order valence-corrected chi connectivity index (χ0v) is 11.0. The highest BCUT2D eigenvalue weighted by Crippen LogP contribution is 2.16. The van der Waals surface area contributed by atoms with Crippen LogP contribution in [0.4, 0.5) is 0 Å². The Hall–Kier alpha value is -2.29. The van der Waals surface area contributed by atoms with Crippen LogP contribution < -0.4 is 10.1 Å². The maximum atomic E-state index is 9.81. The molecular formula is C15H16N2O3. The predicted octanol–water partition coefficient (Wildman–Crippen LogP) is 1.68. The Morgan fingerprint density at radius 1 is 1.35 bits per heavy atom. The first-order valence-corrected chi connectivity index (χ1v) is 6.31. The van der Waals surface area contributed by atoms with Gasteiger partial charge < -0.3 is 19.6 Å². The van der Waals surface area contributed by atoms with Gasteiger partial charge >= 0.3 is 0 Å². The Balaban J connectivity index is 1.72. The van der Waals surface area contributed by atoms with Crippen molar-refractivity contribution >= 4 is 0 Å². The van der Waals surface area contributed by atoms with E-state index in [1.165, 1.54) is 0 Å². The number of benzene rings is 1. The molecular weight excluding hydrogens is 256 g/mol. The summed E-state index contributed by atoms with van der Waals surface area (Å²) in [5.74, 6) is 0.490. The van der Waals surface area contributed by atoms with Crippen molar-refractivity contribution in [3.05, 3.63) is 54.0 Å². The van der Waals surface area contributed by atoms with E-state index in [1.807, 2.05) is 12.1 Å². The highest BCUT2D eigenvalue weighted by atomic mass is 16.5. The molecule has 1 aromatic carbocycles. The molecule has 0 saturated carbocycles. The van der Waals surface area contributed by atoms with Crippen molar-refractivity contribution in [3.63, 3.8) is 0 Å². The summed E-state index contributed by atoms with van der Waals surface area (Å²) >= 11 is 0. The number of hydrogen-bond acceptors (Lipinski definition) is 5. The lowest BCUT2D eigenvalue weighted by Gasteiger charge is -2.13. The molecule has 5 heteroatoms. The molecule has 2 N–H and O–H groups in total. The van der Waals surface area contributed by atoms with Crippen LogP contribution in [0.1, 0.15) is 11.1 Å². The van der Waals surface area contributed by atoms with Gasteiger partial charge in [0.05, 0.1) is 18.1 Å². The van der Waals surface area contributed by atoms with Crippen LogP contribution in [0.3, 0.4) is 0 Å². The van der Waals surface area contributed by atoms with Gasteiger partial charge in [-0.25, -0.2) is 0 Å². The molecule has 0 spiro atoms. The van der Waals surface area contributed by atoms with Crippen LogP contribution in [-0.4, -0.2) is 24.4 Å². The van der Waals surface area contributed by atoms with Gasteiger partial charge in [-0.15, -0.1) is 0 Å². The van der Waals surface area contributed by atoms with Crippen molar-refractivity contribution in [3.8, 4) is 11.8 Å². The van der Waals surface area contributed by atoms with Crippen molar-refractivity contribution in [2.24, 2.45) is 0 Å². The van der Waals surface area contributed by atoms with E-state index < -0.39 is 6.10 Å². The standard InChI is InChI=1S/C15H16N2O3/c16-7-13-3-1-2-4-15(13)20-11-14(18)9-17-8-12-5-6-19-10-12/h1-6,10,14,17-18H,8-9,11H2. The molecule has 1 heterocycles. The second-order valence-electron chi connectivity index (χ2n) is 4.34. The number of nitrogens with zero attached hydrogens (tertiary/aromatic N) is 1. The predicted molar refractivity (Wildman–Crippen MR) is 73.1 cm³/mol.